The second-order valence-electron chi connectivity index (χ2n) is 5.84. The molecule has 0 aliphatic carbocycles. The third-order valence-electron chi connectivity index (χ3n) is 3.72. The summed E-state index contributed by atoms with van der Waals surface area (Å²) in [5.41, 5.74) is -0.834. The van der Waals surface area contributed by atoms with Crippen molar-refractivity contribution in [1.82, 2.24) is 9.97 Å². The van der Waals surface area contributed by atoms with E-state index in [0.717, 1.165) is 11.6 Å². The Morgan fingerprint density at radius 3 is 2.32 bits per heavy atom. The predicted octanol–water partition coefficient (Wildman–Crippen LogP) is 4.68. The summed E-state index contributed by atoms with van der Waals surface area (Å²) in [6.07, 6.45) is -1.81. The van der Waals surface area contributed by atoms with Crippen LogP contribution in [0, 0.1) is 5.82 Å². The van der Waals surface area contributed by atoms with E-state index in [1.807, 2.05) is 0 Å². The molecule has 28 heavy (non-hydrogen) atoms. The molecule has 0 aliphatic rings. The van der Waals surface area contributed by atoms with E-state index in [9.17, 15) is 22.4 Å². The summed E-state index contributed by atoms with van der Waals surface area (Å²) in [5, 5.41) is 0. The topological polar surface area (TPSA) is 55.0 Å². The molecular formula is C20H14F4N2O2. The van der Waals surface area contributed by atoms with Crippen LogP contribution in [0.1, 0.15) is 22.5 Å². The zero-order valence-electron chi connectivity index (χ0n) is 14.3. The maximum atomic E-state index is 12.9. The number of benzene rings is 2. The number of hydrogen-bond acceptors (Lipinski definition) is 3. The van der Waals surface area contributed by atoms with Crippen molar-refractivity contribution in [2.45, 2.75) is 12.8 Å². The highest BCUT2D eigenvalue weighted by atomic mass is 19.4. The van der Waals surface area contributed by atoms with E-state index in [2.05, 4.69) is 4.98 Å². The molecule has 0 fully saturated rings. The van der Waals surface area contributed by atoms with Crippen LogP contribution >= 0.6 is 0 Å². The summed E-state index contributed by atoms with van der Waals surface area (Å²) in [6.45, 7) is 0.270. The average Bonchev–Trinajstić information content (AvgIpc) is 2.66. The monoisotopic (exact) mass is 390 g/mol. The Balaban J connectivity index is 1.66. The third kappa shape index (κ3) is 5.29. The van der Waals surface area contributed by atoms with Crippen molar-refractivity contribution in [3.05, 3.63) is 93.4 Å². The van der Waals surface area contributed by atoms with Gasteiger partial charge >= 0.3 is 11.9 Å². The van der Waals surface area contributed by atoms with Crippen molar-refractivity contribution in [3.8, 4) is 5.75 Å². The van der Waals surface area contributed by atoms with E-state index >= 15 is 0 Å². The lowest BCUT2D eigenvalue weighted by molar-refractivity contribution is -0.141. The van der Waals surface area contributed by atoms with Crippen molar-refractivity contribution < 1.29 is 22.3 Å². The van der Waals surface area contributed by atoms with Gasteiger partial charge in [0, 0.05) is 0 Å². The number of alkyl halides is 3. The largest absolute Gasteiger partial charge is 0.489 e. The van der Waals surface area contributed by atoms with E-state index in [1.54, 1.807) is 41.4 Å². The van der Waals surface area contributed by atoms with Crippen molar-refractivity contribution >= 4 is 12.2 Å². The lowest BCUT2D eigenvalue weighted by atomic mass is 10.2. The highest BCUT2D eigenvalue weighted by molar-refractivity contribution is 5.68. The summed E-state index contributed by atoms with van der Waals surface area (Å²) >= 11 is 0. The predicted molar refractivity (Wildman–Crippen MR) is 96.0 cm³/mol. The van der Waals surface area contributed by atoms with Gasteiger partial charge in [0.1, 0.15) is 23.9 Å². The van der Waals surface area contributed by atoms with E-state index in [1.165, 1.54) is 24.3 Å². The second-order valence-corrected chi connectivity index (χ2v) is 5.84. The number of ether oxygens (including phenoxy) is 1. The first-order chi connectivity index (χ1) is 13.3. The van der Waals surface area contributed by atoms with E-state index < -0.39 is 17.6 Å². The van der Waals surface area contributed by atoms with Crippen LogP contribution in [0.25, 0.3) is 12.2 Å². The summed E-state index contributed by atoms with van der Waals surface area (Å²) in [7, 11) is 0. The van der Waals surface area contributed by atoms with Crippen molar-refractivity contribution in [2.75, 3.05) is 0 Å². The fourth-order valence-corrected chi connectivity index (χ4v) is 2.32. The van der Waals surface area contributed by atoms with Crippen LogP contribution in [0.2, 0.25) is 0 Å². The molecule has 2 aromatic carbocycles. The van der Waals surface area contributed by atoms with Gasteiger partial charge in [0.05, 0.1) is 5.69 Å². The second kappa shape index (κ2) is 8.08. The molecule has 4 nitrogen and oxygen atoms in total. The van der Waals surface area contributed by atoms with Crippen LogP contribution in [0.15, 0.2) is 59.4 Å². The lowest BCUT2D eigenvalue weighted by Gasteiger charge is -2.07. The number of halogens is 4. The van der Waals surface area contributed by atoms with Crippen molar-refractivity contribution in [1.29, 1.82) is 0 Å². The zero-order valence-corrected chi connectivity index (χ0v) is 14.3. The Hall–Kier alpha value is -3.42. The SMILES string of the molecule is O=c1nc(C=Cc2ccc(OCc3ccc(F)cc3)cc2)cc(C(F)(F)F)[nH]1. The number of aromatic amines is 1. The molecule has 0 aliphatic heterocycles. The lowest BCUT2D eigenvalue weighted by Crippen LogP contribution is -2.19. The van der Waals surface area contributed by atoms with E-state index in [4.69, 9.17) is 4.74 Å². The quantitative estimate of drug-likeness (QED) is 0.644. The Bertz CT molecular complexity index is 1020. The Kier molecular flexibility index (Phi) is 5.58. The molecule has 1 heterocycles. The molecule has 144 valence electrons. The number of aromatic nitrogens is 2. The maximum absolute atomic E-state index is 12.9. The number of H-pyrrole nitrogens is 1. The van der Waals surface area contributed by atoms with Gasteiger partial charge in [-0.1, -0.05) is 30.3 Å². The van der Waals surface area contributed by atoms with Gasteiger partial charge in [-0.3, -0.25) is 0 Å². The van der Waals surface area contributed by atoms with Crippen LogP contribution in [0.4, 0.5) is 17.6 Å². The molecule has 0 saturated heterocycles. The van der Waals surface area contributed by atoms with E-state index in [0.29, 0.717) is 11.3 Å². The standard InChI is InChI=1S/C20H14F4N2O2/c21-15-6-1-14(2-7-15)12-28-17-9-4-13(5-10-17)3-8-16-11-18(20(22,23)24)26-19(27)25-16/h1-11H,12H2,(H,25,26,27). The molecule has 0 spiro atoms. The molecular weight excluding hydrogens is 376 g/mol. The third-order valence-corrected chi connectivity index (χ3v) is 3.72. The molecule has 1 aromatic heterocycles. The minimum absolute atomic E-state index is 0.104. The molecule has 0 atom stereocenters. The fourth-order valence-electron chi connectivity index (χ4n) is 2.32. The fraction of sp³-hybridized carbons (Fsp3) is 0.100. The first-order valence-electron chi connectivity index (χ1n) is 8.13. The van der Waals surface area contributed by atoms with Crippen LogP contribution < -0.4 is 10.4 Å². The van der Waals surface area contributed by atoms with Gasteiger partial charge in [0.25, 0.3) is 0 Å². The minimum atomic E-state index is -4.66. The highest BCUT2D eigenvalue weighted by Crippen LogP contribution is 2.27. The molecule has 0 unspecified atom stereocenters. The summed E-state index contributed by atoms with van der Waals surface area (Å²) < 4.78 is 56.6. The molecule has 0 amide bonds. The Morgan fingerprint density at radius 1 is 1.00 bits per heavy atom. The van der Waals surface area contributed by atoms with Gasteiger partial charge in [0.2, 0.25) is 0 Å². The van der Waals surface area contributed by atoms with Crippen molar-refractivity contribution in [3.63, 3.8) is 0 Å². The van der Waals surface area contributed by atoms with Crippen LogP contribution in [-0.2, 0) is 12.8 Å². The molecule has 3 rings (SSSR count). The molecule has 0 saturated carbocycles. The van der Waals surface area contributed by atoms with Crippen LogP contribution in [0.5, 0.6) is 5.75 Å². The number of hydrogen-bond donors (Lipinski definition) is 1. The molecule has 8 heteroatoms. The number of nitrogens with zero attached hydrogens (tertiary/aromatic N) is 1. The summed E-state index contributed by atoms with van der Waals surface area (Å²) in [5.74, 6) is 0.257. The van der Waals surface area contributed by atoms with Gasteiger partial charge in [-0.05, 0) is 47.5 Å². The molecule has 0 radical (unpaired) electrons. The first kappa shape index (κ1) is 19.3. The van der Waals surface area contributed by atoms with Gasteiger partial charge in [-0.15, -0.1) is 0 Å². The molecule has 1 N–H and O–H groups in total. The van der Waals surface area contributed by atoms with Crippen molar-refractivity contribution in [2.24, 2.45) is 0 Å². The Labute approximate surface area is 157 Å². The minimum Gasteiger partial charge on any atom is -0.489 e. The van der Waals surface area contributed by atoms with E-state index in [-0.39, 0.29) is 18.1 Å². The number of nitrogens with one attached hydrogen (secondary N) is 1. The van der Waals surface area contributed by atoms with Gasteiger partial charge < -0.3 is 9.72 Å². The van der Waals surface area contributed by atoms with Crippen LogP contribution in [-0.4, -0.2) is 9.97 Å². The van der Waals surface area contributed by atoms with Crippen LogP contribution in [0.3, 0.4) is 0 Å². The average molecular weight is 390 g/mol. The maximum Gasteiger partial charge on any atom is 0.431 e. The zero-order chi connectivity index (χ0) is 20.1. The summed E-state index contributed by atoms with van der Waals surface area (Å²) in [6, 6.07) is 13.5. The molecule has 0 bridgehead atoms. The van der Waals surface area contributed by atoms with Gasteiger partial charge in [-0.25, -0.2) is 9.18 Å². The Morgan fingerprint density at radius 2 is 1.68 bits per heavy atom. The smallest absolute Gasteiger partial charge is 0.431 e. The molecule has 3 aromatic rings. The first-order valence-corrected chi connectivity index (χ1v) is 8.13. The van der Waals surface area contributed by atoms with Gasteiger partial charge in [0.15, 0.2) is 0 Å². The normalized spacial score (nSPS) is 11.7. The number of rotatable bonds is 5. The summed E-state index contributed by atoms with van der Waals surface area (Å²) in [4.78, 5) is 16.4. The van der Waals surface area contributed by atoms with Gasteiger partial charge in [-0.2, -0.15) is 18.2 Å². The highest BCUT2D eigenvalue weighted by Gasteiger charge is 2.32.